The van der Waals surface area contributed by atoms with E-state index in [2.05, 4.69) is 15.5 Å². The van der Waals surface area contributed by atoms with E-state index in [0.29, 0.717) is 5.82 Å². The summed E-state index contributed by atoms with van der Waals surface area (Å²) in [5, 5.41) is 15.6. The van der Waals surface area contributed by atoms with Crippen LogP contribution in [0.3, 0.4) is 0 Å². The van der Waals surface area contributed by atoms with Crippen molar-refractivity contribution in [3.8, 4) is 0 Å². The molecule has 2 N–H and O–H groups in total. The summed E-state index contributed by atoms with van der Waals surface area (Å²) in [6, 6.07) is -1.46. The van der Waals surface area contributed by atoms with Crippen molar-refractivity contribution in [3.05, 3.63) is 11.7 Å². The number of amides is 2. The van der Waals surface area contributed by atoms with Gasteiger partial charge in [-0.15, -0.1) is 0 Å². The summed E-state index contributed by atoms with van der Waals surface area (Å²) in [6.07, 6.45) is -2.75. The summed E-state index contributed by atoms with van der Waals surface area (Å²) in [5.74, 6) is -4.48. The second-order valence-corrected chi connectivity index (χ2v) is 7.43. The Bertz CT molecular complexity index is 717. The van der Waals surface area contributed by atoms with E-state index in [4.69, 9.17) is 9.63 Å². The number of hydrogen-bond acceptors (Lipinski definition) is 5. The number of nitrogens with one attached hydrogen (secondary N) is 1. The van der Waals surface area contributed by atoms with Gasteiger partial charge >= 0.3 is 18.2 Å². The summed E-state index contributed by atoms with van der Waals surface area (Å²) in [4.78, 5) is 28.8. The van der Waals surface area contributed by atoms with Crippen LogP contribution in [0.2, 0.25) is 0 Å². The number of halogens is 3. The average Bonchev–Trinajstić information content (AvgIpc) is 3.11. The van der Waals surface area contributed by atoms with Gasteiger partial charge in [0.05, 0.1) is 11.8 Å². The Morgan fingerprint density at radius 3 is 2.44 bits per heavy atom. The molecule has 1 saturated heterocycles. The van der Waals surface area contributed by atoms with Gasteiger partial charge in [-0.25, -0.2) is 4.79 Å². The highest BCUT2D eigenvalue weighted by Gasteiger charge is 2.53. The summed E-state index contributed by atoms with van der Waals surface area (Å²) >= 11 is 0. The first-order chi connectivity index (χ1) is 12.6. The van der Waals surface area contributed by atoms with E-state index in [0.717, 1.165) is 17.7 Å². The van der Waals surface area contributed by atoms with Crippen LogP contribution < -0.4 is 5.32 Å². The van der Waals surface area contributed by atoms with E-state index >= 15 is 0 Å². The van der Waals surface area contributed by atoms with Crippen LogP contribution in [0, 0.1) is 17.8 Å². The van der Waals surface area contributed by atoms with E-state index in [1.54, 1.807) is 13.8 Å². The van der Waals surface area contributed by atoms with Crippen LogP contribution >= 0.6 is 0 Å². The monoisotopic (exact) mass is 390 g/mol. The number of carboxylic acids is 1. The number of urea groups is 1. The summed E-state index contributed by atoms with van der Waals surface area (Å²) in [7, 11) is 0. The summed E-state index contributed by atoms with van der Waals surface area (Å²) in [5.41, 5.74) is 0. The van der Waals surface area contributed by atoms with Crippen molar-refractivity contribution >= 4 is 12.0 Å². The van der Waals surface area contributed by atoms with Crippen molar-refractivity contribution in [2.75, 3.05) is 13.1 Å². The quantitative estimate of drug-likeness (QED) is 0.800. The molecular formula is C16H21F3N4O4. The Hall–Kier alpha value is -2.33. The van der Waals surface area contributed by atoms with E-state index < -0.39 is 49.1 Å². The van der Waals surface area contributed by atoms with Crippen LogP contribution in [0.1, 0.15) is 50.4 Å². The first kappa shape index (κ1) is 19.4. The van der Waals surface area contributed by atoms with Gasteiger partial charge in [-0.2, -0.15) is 18.2 Å². The number of carbonyl (C=O) groups is 2. The topological polar surface area (TPSA) is 109 Å². The number of nitrogens with zero attached hydrogens (tertiary/aromatic N) is 3. The molecule has 3 atom stereocenters. The van der Waals surface area contributed by atoms with Crippen LogP contribution in [0.4, 0.5) is 18.0 Å². The molecule has 27 heavy (non-hydrogen) atoms. The van der Waals surface area contributed by atoms with Crippen molar-refractivity contribution in [1.82, 2.24) is 20.4 Å². The van der Waals surface area contributed by atoms with Crippen LogP contribution in [0.25, 0.3) is 0 Å². The molecule has 0 bridgehead atoms. The van der Waals surface area contributed by atoms with Gasteiger partial charge in [-0.3, -0.25) is 4.79 Å². The Labute approximate surface area is 153 Å². The first-order valence-corrected chi connectivity index (χ1v) is 8.76. The van der Waals surface area contributed by atoms with Crippen molar-refractivity contribution in [2.45, 2.75) is 44.8 Å². The predicted molar refractivity (Wildman–Crippen MR) is 84.6 cm³/mol. The van der Waals surface area contributed by atoms with Gasteiger partial charge < -0.3 is 19.8 Å². The van der Waals surface area contributed by atoms with Crippen molar-refractivity contribution in [2.24, 2.45) is 17.8 Å². The summed E-state index contributed by atoms with van der Waals surface area (Å²) in [6.45, 7) is 2.39. The average molecular weight is 390 g/mol. The molecule has 1 aliphatic heterocycles. The molecule has 2 fully saturated rings. The zero-order valence-electron chi connectivity index (χ0n) is 14.9. The third-order valence-corrected chi connectivity index (χ3v) is 4.96. The number of hydrogen-bond donors (Lipinski definition) is 2. The van der Waals surface area contributed by atoms with Crippen LogP contribution in [0.5, 0.6) is 0 Å². The molecular weight excluding hydrogens is 369 g/mol. The number of carbonyl (C=O) groups excluding carboxylic acids is 1. The molecule has 2 amide bonds. The minimum absolute atomic E-state index is 0.155. The lowest BCUT2D eigenvalue weighted by Gasteiger charge is -2.23. The van der Waals surface area contributed by atoms with Crippen LogP contribution in [-0.2, 0) is 4.79 Å². The molecule has 1 unspecified atom stereocenters. The standard InChI is InChI=1S/C16H21F3N4O4/c1-7(2)11(13-21-12(22-27-13)8-3-4-8)20-15(26)23-5-9(14(24)25)10(6-23)16(17,18)19/h7-11H,3-6H2,1-2H3,(H,20,26)(H,24,25)/t9-,10-,11?/m1/s1. The molecule has 0 aromatic carbocycles. The number of aromatic nitrogens is 2. The van der Waals surface area contributed by atoms with Gasteiger partial charge in [0.1, 0.15) is 6.04 Å². The molecule has 8 nitrogen and oxygen atoms in total. The van der Waals surface area contributed by atoms with Gasteiger partial charge in [0, 0.05) is 19.0 Å². The highest BCUT2D eigenvalue weighted by atomic mass is 19.4. The number of rotatable bonds is 5. The Morgan fingerprint density at radius 1 is 1.30 bits per heavy atom. The molecule has 2 heterocycles. The molecule has 2 aliphatic rings. The molecule has 1 saturated carbocycles. The van der Waals surface area contributed by atoms with Gasteiger partial charge in [-0.05, 0) is 18.8 Å². The Kier molecular flexibility index (Phi) is 5.04. The maximum absolute atomic E-state index is 13.1. The predicted octanol–water partition coefficient (Wildman–Crippen LogP) is 2.55. The number of alkyl halides is 3. The highest BCUT2D eigenvalue weighted by Crippen LogP contribution is 2.39. The highest BCUT2D eigenvalue weighted by molar-refractivity contribution is 5.78. The molecule has 0 spiro atoms. The number of carboxylic acid groups (broad SMARTS) is 1. The third-order valence-electron chi connectivity index (χ3n) is 4.96. The third kappa shape index (κ3) is 4.16. The van der Waals surface area contributed by atoms with Crippen molar-refractivity contribution < 1.29 is 32.4 Å². The number of likely N-dealkylation sites (tertiary alicyclic amines) is 1. The van der Waals surface area contributed by atoms with Crippen molar-refractivity contribution in [3.63, 3.8) is 0 Å². The fraction of sp³-hybridized carbons (Fsp3) is 0.750. The normalized spacial score (nSPS) is 24.3. The van der Waals surface area contributed by atoms with E-state index in [-0.39, 0.29) is 17.7 Å². The van der Waals surface area contributed by atoms with Gasteiger partial charge in [-0.1, -0.05) is 19.0 Å². The van der Waals surface area contributed by atoms with Gasteiger partial charge in [0.2, 0.25) is 5.89 Å². The number of aliphatic carboxylic acids is 1. The largest absolute Gasteiger partial charge is 0.481 e. The zero-order chi connectivity index (χ0) is 19.9. The van der Waals surface area contributed by atoms with Crippen LogP contribution in [-0.4, -0.2) is 51.4 Å². The minimum Gasteiger partial charge on any atom is -0.481 e. The van der Waals surface area contributed by atoms with Crippen molar-refractivity contribution in [1.29, 1.82) is 0 Å². The minimum atomic E-state index is -4.69. The lowest BCUT2D eigenvalue weighted by atomic mass is 9.96. The Morgan fingerprint density at radius 2 is 1.96 bits per heavy atom. The maximum atomic E-state index is 13.1. The summed E-state index contributed by atoms with van der Waals surface area (Å²) < 4.78 is 44.5. The Balaban J connectivity index is 1.71. The zero-order valence-corrected chi connectivity index (χ0v) is 14.9. The second kappa shape index (κ2) is 7.01. The fourth-order valence-electron chi connectivity index (χ4n) is 3.17. The van der Waals surface area contributed by atoms with E-state index in [9.17, 15) is 22.8 Å². The molecule has 1 aliphatic carbocycles. The van der Waals surface area contributed by atoms with Gasteiger partial charge in [0.15, 0.2) is 5.82 Å². The smallest absolute Gasteiger partial charge is 0.394 e. The van der Waals surface area contributed by atoms with E-state index in [1.165, 1.54) is 0 Å². The maximum Gasteiger partial charge on any atom is 0.394 e. The SMILES string of the molecule is CC(C)C(NC(=O)N1C[C@@H](C(F)(F)F)[C@H](C(=O)O)C1)c1nc(C2CC2)no1. The molecule has 3 rings (SSSR count). The lowest BCUT2D eigenvalue weighted by molar-refractivity contribution is -0.187. The molecule has 1 aromatic heterocycles. The molecule has 150 valence electrons. The second-order valence-electron chi connectivity index (χ2n) is 7.43. The first-order valence-electron chi connectivity index (χ1n) is 8.76. The molecule has 1 aromatic rings. The van der Waals surface area contributed by atoms with Gasteiger partial charge in [0.25, 0.3) is 0 Å². The molecule has 11 heteroatoms. The van der Waals surface area contributed by atoms with Crippen LogP contribution in [0.15, 0.2) is 4.52 Å². The van der Waals surface area contributed by atoms with E-state index in [1.807, 2.05) is 0 Å². The lowest BCUT2D eigenvalue weighted by Crippen LogP contribution is -2.42. The fourth-order valence-corrected chi connectivity index (χ4v) is 3.17. The molecule has 0 radical (unpaired) electrons.